The van der Waals surface area contributed by atoms with Gasteiger partial charge in [0.15, 0.2) is 0 Å². The molecule has 0 N–H and O–H groups in total. The van der Waals surface area contributed by atoms with Crippen molar-refractivity contribution in [1.82, 2.24) is 0 Å². The van der Waals surface area contributed by atoms with Crippen LogP contribution in [0, 0.1) is 0 Å². The number of carbonyl (C=O) groups is 1. The van der Waals surface area contributed by atoms with Gasteiger partial charge in [-0.05, 0) is 5.82 Å². The van der Waals surface area contributed by atoms with Gasteiger partial charge in [-0.3, -0.25) is 4.79 Å². The molecule has 0 aliphatic heterocycles. The zero-order valence-electron chi connectivity index (χ0n) is 8.55. The first-order valence-corrected chi connectivity index (χ1v) is 6.43. The topological polar surface area (TPSA) is 43.4 Å². The summed E-state index contributed by atoms with van der Waals surface area (Å²) in [7, 11) is -1.56. The van der Waals surface area contributed by atoms with Crippen molar-refractivity contribution >= 4 is 18.4 Å². The molecule has 0 radical (unpaired) electrons. The summed E-state index contributed by atoms with van der Waals surface area (Å²) in [6.07, 6.45) is -0.128. The lowest BCUT2D eigenvalue weighted by atomic mass is 10.4. The van der Waals surface area contributed by atoms with E-state index in [0.717, 1.165) is 0 Å². The fourth-order valence-corrected chi connectivity index (χ4v) is 2.91. The summed E-state index contributed by atoms with van der Waals surface area (Å²) >= 11 is 0. The van der Waals surface area contributed by atoms with Crippen molar-refractivity contribution in [2.75, 3.05) is 13.3 Å². The molecule has 0 unspecified atom stereocenters. The molecule has 1 rings (SSSR count). The third kappa shape index (κ3) is 2.80. The van der Waals surface area contributed by atoms with E-state index < -0.39 is 13.1 Å². The molecule has 0 bridgehead atoms. The van der Waals surface area contributed by atoms with E-state index in [1.54, 1.807) is 24.3 Å². The first kappa shape index (κ1) is 11.7. The van der Waals surface area contributed by atoms with Gasteiger partial charge in [-0.15, -0.1) is 0 Å². The maximum Gasteiger partial charge on any atom is 0.313 e. The average Bonchev–Trinajstić information content (AvgIpc) is 2.30. The van der Waals surface area contributed by atoms with Gasteiger partial charge in [0.05, 0.1) is 7.11 Å². The molecule has 15 heavy (non-hydrogen) atoms. The van der Waals surface area contributed by atoms with Crippen molar-refractivity contribution in [2.24, 2.45) is 0 Å². The smallest absolute Gasteiger partial charge is 0.313 e. The van der Waals surface area contributed by atoms with Crippen LogP contribution in [0.3, 0.4) is 0 Å². The van der Waals surface area contributed by atoms with Crippen LogP contribution < -0.4 is 5.30 Å². The Morgan fingerprint density at radius 2 is 2.07 bits per heavy atom. The molecule has 0 aliphatic rings. The number of rotatable bonds is 4. The first-order chi connectivity index (χ1) is 7.12. The fourth-order valence-electron chi connectivity index (χ4n) is 1.20. The summed E-state index contributed by atoms with van der Waals surface area (Å²) in [6.45, 7) is 3.53. The van der Waals surface area contributed by atoms with Crippen LogP contribution in [-0.4, -0.2) is 19.2 Å². The third-order valence-corrected chi connectivity index (χ3v) is 4.57. The van der Waals surface area contributed by atoms with Crippen LogP contribution in [0.1, 0.15) is 0 Å². The van der Waals surface area contributed by atoms with Crippen molar-refractivity contribution in [3.05, 3.63) is 42.7 Å². The summed E-state index contributed by atoms with van der Waals surface area (Å²) in [4.78, 5) is 11.1. The zero-order chi connectivity index (χ0) is 11.3. The number of benzene rings is 1. The van der Waals surface area contributed by atoms with Gasteiger partial charge in [-0.25, -0.2) is 0 Å². The Morgan fingerprint density at radius 3 is 2.53 bits per heavy atom. The normalized spacial score (nSPS) is 13.9. The van der Waals surface area contributed by atoms with Gasteiger partial charge in [-0.2, -0.15) is 0 Å². The Kier molecular flexibility index (Phi) is 3.87. The molecular weight excluding hydrogens is 211 g/mol. The van der Waals surface area contributed by atoms with Gasteiger partial charge in [0.25, 0.3) is 0 Å². The minimum absolute atomic E-state index is 0.128. The second kappa shape index (κ2) is 4.94. The van der Waals surface area contributed by atoms with Gasteiger partial charge in [0.2, 0.25) is 0 Å². The Hall–Kier alpha value is -1.34. The zero-order valence-corrected chi connectivity index (χ0v) is 9.44. The summed E-state index contributed by atoms with van der Waals surface area (Å²) in [5, 5.41) is 0.630. The van der Waals surface area contributed by atoms with Crippen molar-refractivity contribution in [3.63, 3.8) is 0 Å². The molecule has 1 aromatic rings. The lowest BCUT2D eigenvalue weighted by molar-refractivity contribution is -0.137. The van der Waals surface area contributed by atoms with Crippen molar-refractivity contribution in [3.8, 4) is 0 Å². The molecule has 1 atom stereocenters. The van der Waals surface area contributed by atoms with Crippen molar-refractivity contribution in [2.45, 2.75) is 0 Å². The predicted molar refractivity (Wildman–Crippen MR) is 60.8 cm³/mol. The molecule has 0 spiro atoms. The van der Waals surface area contributed by atoms with E-state index in [4.69, 9.17) is 0 Å². The molecule has 80 valence electrons. The van der Waals surface area contributed by atoms with Crippen LogP contribution in [-0.2, 0) is 14.1 Å². The lowest BCUT2D eigenvalue weighted by Crippen LogP contribution is -2.13. The first-order valence-electron chi connectivity index (χ1n) is 4.47. The average molecular weight is 224 g/mol. The maximum absolute atomic E-state index is 12.3. The molecule has 0 saturated heterocycles. The molecule has 3 nitrogen and oxygen atoms in total. The van der Waals surface area contributed by atoms with Gasteiger partial charge < -0.3 is 9.30 Å². The monoisotopic (exact) mass is 224 g/mol. The van der Waals surface area contributed by atoms with E-state index in [2.05, 4.69) is 11.3 Å². The standard InChI is InChI=1S/C11H13O3P/c1-3-15(13,9-11(12)14-2)10-7-5-4-6-8-10/h3-8H,1,9H2,2H3/t15-/m1/s1. The van der Waals surface area contributed by atoms with Gasteiger partial charge in [0, 0.05) is 5.30 Å². The summed E-state index contributed by atoms with van der Waals surface area (Å²) in [5.41, 5.74) is 0. The van der Waals surface area contributed by atoms with E-state index >= 15 is 0 Å². The van der Waals surface area contributed by atoms with Crippen LogP contribution in [0.2, 0.25) is 0 Å². The Morgan fingerprint density at radius 1 is 1.47 bits per heavy atom. The van der Waals surface area contributed by atoms with E-state index in [9.17, 15) is 9.36 Å². The largest absolute Gasteiger partial charge is 0.469 e. The van der Waals surface area contributed by atoms with Crippen molar-refractivity contribution < 1.29 is 14.1 Å². The number of carbonyl (C=O) groups excluding carboxylic acids is 1. The summed E-state index contributed by atoms with van der Waals surface area (Å²) < 4.78 is 16.8. The van der Waals surface area contributed by atoms with Gasteiger partial charge in [-0.1, -0.05) is 36.9 Å². The highest BCUT2D eigenvalue weighted by molar-refractivity contribution is 7.75. The Bertz CT molecular complexity index is 398. The van der Waals surface area contributed by atoms with Crippen LogP contribution in [0.5, 0.6) is 0 Å². The number of ether oxygens (including phenoxy) is 1. The van der Waals surface area contributed by atoms with E-state index in [-0.39, 0.29) is 6.16 Å². The van der Waals surface area contributed by atoms with Crippen LogP contribution >= 0.6 is 7.14 Å². The molecular formula is C11H13O3P. The van der Waals surface area contributed by atoms with Crippen LogP contribution in [0.15, 0.2) is 42.7 Å². The highest BCUT2D eigenvalue weighted by Crippen LogP contribution is 2.45. The van der Waals surface area contributed by atoms with E-state index in [1.165, 1.54) is 12.9 Å². The number of hydrogen-bond acceptors (Lipinski definition) is 3. The highest BCUT2D eigenvalue weighted by Gasteiger charge is 2.24. The molecule has 0 fully saturated rings. The molecule has 4 heteroatoms. The second-order valence-electron chi connectivity index (χ2n) is 3.05. The van der Waals surface area contributed by atoms with E-state index in [0.29, 0.717) is 5.30 Å². The maximum atomic E-state index is 12.3. The molecule has 0 amide bonds. The van der Waals surface area contributed by atoms with Crippen LogP contribution in [0.25, 0.3) is 0 Å². The summed E-state index contributed by atoms with van der Waals surface area (Å²) in [6, 6.07) is 8.84. The van der Waals surface area contributed by atoms with Crippen molar-refractivity contribution in [1.29, 1.82) is 0 Å². The Balaban J connectivity index is 3.01. The highest BCUT2D eigenvalue weighted by atomic mass is 31.2. The Labute approximate surface area is 89.1 Å². The summed E-state index contributed by atoms with van der Waals surface area (Å²) in [5.74, 6) is 0.862. The van der Waals surface area contributed by atoms with Crippen LogP contribution in [0.4, 0.5) is 0 Å². The minimum Gasteiger partial charge on any atom is -0.469 e. The SMILES string of the molecule is C=C[P@@](=O)(CC(=O)OC)c1ccccc1. The molecule has 0 aliphatic carbocycles. The third-order valence-electron chi connectivity index (χ3n) is 2.08. The molecule has 0 heterocycles. The quantitative estimate of drug-likeness (QED) is 0.580. The predicted octanol–water partition coefficient (Wildman–Crippen LogP) is 1.99. The van der Waals surface area contributed by atoms with Gasteiger partial charge >= 0.3 is 5.97 Å². The number of methoxy groups -OCH3 is 1. The van der Waals surface area contributed by atoms with Gasteiger partial charge in [0.1, 0.15) is 13.3 Å². The number of esters is 1. The fraction of sp³-hybridized carbons (Fsp3) is 0.182. The lowest BCUT2D eigenvalue weighted by Gasteiger charge is -2.12. The number of hydrogen-bond donors (Lipinski definition) is 0. The molecule has 0 aromatic heterocycles. The second-order valence-corrected chi connectivity index (χ2v) is 5.84. The molecule has 0 saturated carbocycles. The van der Waals surface area contributed by atoms with E-state index in [1.807, 2.05) is 6.07 Å². The minimum atomic E-state index is -2.84. The molecule has 1 aromatic carbocycles.